The average Bonchev–Trinajstić information content (AvgIpc) is 2.40. The third-order valence-electron chi connectivity index (χ3n) is 3.03. The highest BCUT2D eigenvalue weighted by Crippen LogP contribution is 2.10. The molecule has 2 aromatic rings. The van der Waals surface area contributed by atoms with Crippen molar-refractivity contribution < 1.29 is 0 Å². The number of aromatic nitrogens is 1. The fourth-order valence-corrected chi connectivity index (χ4v) is 2.21. The predicted octanol–water partition coefficient (Wildman–Crippen LogP) is 2.43. The monoisotopic (exact) mass is 255 g/mol. The normalized spacial score (nSPS) is 10.9. The van der Waals surface area contributed by atoms with Crippen LogP contribution in [0.1, 0.15) is 16.7 Å². The predicted molar refractivity (Wildman–Crippen MR) is 78.6 cm³/mol. The first-order chi connectivity index (χ1) is 9.28. The van der Waals surface area contributed by atoms with Crippen molar-refractivity contribution in [2.75, 3.05) is 14.1 Å². The van der Waals surface area contributed by atoms with Crippen LogP contribution in [0.25, 0.3) is 0 Å². The molecule has 3 heteroatoms. The first-order valence-corrected chi connectivity index (χ1v) is 6.58. The quantitative estimate of drug-likeness (QED) is 0.859. The van der Waals surface area contributed by atoms with Gasteiger partial charge in [-0.3, -0.25) is 9.88 Å². The Balaban J connectivity index is 1.95. The lowest BCUT2D eigenvalue weighted by molar-refractivity contribution is 0.319. The minimum Gasteiger partial charge on any atom is -0.316 e. The first-order valence-electron chi connectivity index (χ1n) is 6.58. The van der Waals surface area contributed by atoms with Crippen LogP contribution in [0.15, 0.2) is 48.8 Å². The largest absolute Gasteiger partial charge is 0.316 e. The second kappa shape index (κ2) is 7.02. The van der Waals surface area contributed by atoms with Crippen molar-refractivity contribution in [3.05, 3.63) is 65.5 Å². The lowest BCUT2D eigenvalue weighted by atomic mass is 10.1. The first kappa shape index (κ1) is 13.7. The van der Waals surface area contributed by atoms with Crippen molar-refractivity contribution in [1.29, 1.82) is 0 Å². The molecule has 0 aliphatic carbocycles. The molecule has 0 atom stereocenters. The van der Waals surface area contributed by atoms with Gasteiger partial charge in [-0.15, -0.1) is 0 Å². The topological polar surface area (TPSA) is 28.2 Å². The number of hydrogen-bond acceptors (Lipinski definition) is 3. The molecule has 1 aromatic heterocycles. The minimum absolute atomic E-state index is 0.919. The van der Waals surface area contributed by atoms with Crippen molar-refractivity contribution in [3.8, 4) is 0 Å². The van der Waals surface area contributed by atoms with E-state index >= 15 is 0 Å². The fourth-order valence-electron chi connectivity index (χ4n) is 2.21. The summed E-state index contributed by atoms with van der Waals surface area (Å²) >= 11 is 0. The summed E-state index contributed by atoms with van der Waals surface area (Å²) in [7, 11) is 4.12. The van der Waals surface area contributed by atoms with E-state index in [0.29, 0.717) is 0 Å². The maximum Gasteiger partial charge on any atom is 0.0271 e. The number of hydrogen-bond donors (Lipinski definition) is 1. The summed E-state index contributed by atoms with van der Waals surface area (Å²) in [5.41, 5.74) is 3.98. The molecule has 0 aliphatic rings. The zero-order valence-corrected chi connectivity index (χ0v) is 11.6. The molecule has 1 aromatic carbocycles. The van der Waals surface area contributed by atoms with Crippen LogP contribution in [0, 0.1) is 0 Å². The van der Waals surface area contributed by atoms with E-state index < -0.39 is 0 Å². The Morgan fingerprint density at radius 1 is 1.00 bits per heavy atom. The highest BCUT2D eigenvalue weighted by molar-refractivity contribution is 5.23. The number of benzene rings is 1. The maximum absolute atomic E-state index is 4.04. The molecule has 19 heavy (non-hydrogen) atoms. The van der Waals surface area contributed by atoms with Gasteiger partial charge in [0, 0.05) is 32.0 Å². The maximum atomic E-state index is 4.04. The van der Waals surface area contributed by atoms with Gasteiger partial charge >= 0.3 is 0 Å². The van der Waals surface area contributed by atoms with E-state index in [4.69, 9.17) is 0 Å². The SMILES string of the molecule is CNCc1cccc(CN(C)Cc2ccncc2)c1. The summed E-state index contributed by atoms with van der Waals surface area (Å²) in [6.45, 7) is 2.82. The third kappa shape index (κ3) is 4.47. The molecule has 0 amide bonds. The average molecular weight is 255 g/mol. The van der Waals surface area contributed by atoms with E-state index in [1.54, 1.807) is 0 Å². The standard InChI is InChI=1S/C16H21N3/c1-17-11-15-4-3-5-16(10-15)13-19(2)12-14-6-8-18-9-7-14/h3-10,17H,11-13H2,1-2H3. The van der Waals surface area contributed by atoms with E-state index in [-0.39, 0.29) is 0 Å². The Bertz CT molecular complexity index is 496. The van der Waals surface area contributed by atoms with Gasteiger partial charge in [0.2, 0.25) is 0 Å². The van der Waals surface area contributed by atoms with Crippen LogP contribution in [-0.2, 0) is 19.6 Å². The Morgan fingerprint density at radius 3 is 2.42 bits per heavy atom. The molecule has 0 saturated carbocycles. The molecule has 1 N–H and O–H groups in total. The van der Waals surface area contributed by atoms with Crippen LogP contribution in [0.5, 0.6) is 0 Å². The van der Waals surface area contributed by atoms with Crippen molar-refractivity contribution in [1.82, 2.24) is 15.2 Å². The van der Waals surface area contributed by atoms with E-state index in [9.17, 15) is 0 Å². The van der Waals surface area contributed by atoms with Crippen LogP contribution in [-0.4, -0.2) is 24.0 Å². The van der Waals surface area contributed by atoms with Gasteiger partial charge in [0.25, 0.3) is 0 Å². The summed E-state index contributed by atoms with van der Waals surface area (Å²) in [4.78, 5) is 6.36. The molecule has 1 heterocycles. The lowest BCUT2D eigenvalue weighted by Gasteiger charge is -2.17. The Morgan fingerprint density at radius 2 is 1.68 bits per heavy atom. The highest BCUT2D eigenvalue weighted by Gasteiger charge is 2.02. The molecule has 0 radical (unpaired) electrons. The minimum atomic E-state index is 0.919. The van der Waals surface area contributed by atoms with E-state index in [2.05, 4.69) is 58.6 Å². The number of pyridine rings is 1. The molecular formula is C16H21N3. The van der Waals surface area contributed by atoms with E-state index in [0.717, 1.165) is 19.6 Å². The summed E-state index contributed by atoms with van der Waals surface area (Å²) < 4.78 is 0. The zero-order valence-electron chi connectivity index (χ0n) is 11.6. The van der Waals surface area contributed by atoms with E-state index in [1.807, 2.05) is 19.4 Å². The summed E-state index contributed by atoms with van der Waals surface area (Å²) in [6.07, 6.45) is 3.69. The molecular weight excluding hydrogens is 234 g/mol. The van der Waals surface area contributed by atoms with Gasteiger partial charge in [0.15, 0.2) is 0 Å². The summed E-state index contributed by atoms with van der Waals surface area (Å²) in [5.74, 6) is 0. The molecule has 0 fully saturated rings. The van der Waals surface area contributed by atoms with Crippen molar-refractivity contribution in [3.63, 3.8) is 0 Å². The molecule has 0 bridgehead atoms. The number of nitrogens with zero attached hydrogens (tertiary/aromatic N) is 2. The molecule has 0 unspecified atom stereocenters. The van der Waals surface area contributed by atoms with Gasteiger partial charge in [0.05, 0.1) is 0 Å². The fraction of sp³-hybridized carbons (Fsp3) is 0.312. The van der Waals surface area contributed by atoms with Crippen LogP contribution in [0.2, 0.25) is 0 Å². The smallest absolute Gasteiger partial charge is 0.0271 e. The highest BCUT2D eigenvalue weighted by atomic mass is 15.1. The molecule has 100 valence electrons. The van der Waals surface area contributed by atoms with E-state index in [1.165, 1.54) is 16.7 Å². The van der Waals surface area contributed by atoms with Crippen molar-refractivity contribution >= 4 is 0 Å². The second-order valence-corrected chi connectivity index (χ2v) is 4.88. The zero-order chi connectivity index (χ0) is 13.5. The van der Waals surface area contributed by atoms with Gasteiger partial charge < -0.3 is 5.32 Å². The van der Waals surface area contributed by atoms with Gasteiger partial charge in [-0.2, -0.15) is 0 Å². The van der Waals surface area contributed by atoms with Crippen molar-refractivity contribution in [2.24, 2.45) is 0 Å². The van der Waals surface area contributed by atoms with Crippen LogP contribution in [0.4, 0.5) is 0 Å². The Kier molecular flexibility index (Phi) is 5.07. The molecule has 3 nitrogen and oxygen atoms in total. The molecule has 0 spiro atoms. The third-order valence-corrected chi connectivity index (χ3v) is 3.03. The number of nitrogens with one attached hydrogen (secondary N) is 1. The molecule has 0 saturated heterocycles. The van der Waals surface area contributed by atoms with Crippen LogP contribution >= 0.6 is 0 Å². The van der Waals surface area contributed by atoms with Gasteiger partial charge in [-0.25, -0.2) is 0 Å². The molecule has 0 aliphatic heterocycles. The van der Waals surface area contributed by atoms with Crippen LogP contribution < -0.4 is 5.32 Å². The lowest BCUT2D eigenvalue weighted by Crippen LogP contribution is -2.17. The van der Waals surface area contributed by atoms with Gasteiger partial charge in [0.1, 0.15) is 0 Å². The van der Waals surface area contributed by atoms with Gasteiger partial charge in [-0.05, 0) is 42.9 Å². The Labute approximate surface area is 115 Å². The van der Waals surface area contributed by atoms with Crippen LogP contribution in [0.3, 0.4) is 0 Å². The molecule has 2 rings (SSSR count). The van der Waals surface area contributed by atoms with Crippen molar-refractivity contribution in [2.45, 2.75) is 19.6 Å². The van der Waals surface area contributed by atoms with Gasteiger partial charge in [-0.1, -0.05) is 24.3 Å². The number of rotatable bonds is 6. The summed E-state index contributed by atoms with van der Waals surface area (Å²) in [6, 6.07) is 12.9. The second-order valence-electron chi connectivity index (χ2n) is 4.88. The Hall–Kier alpha value is -1.71. The summed E-state index contributed by atoms with van der Waals surface area (Å²) in [5, 5.41) is 3.18.